The van der Waals surface area contributed by atoms with Crippen LogP contribution in [-0.4, -0.2) is 22.1 Å². The predicted octanol–water partition coefficient (Wildman–Crippen LogP) is 3.27. The molecule has 2 N–H and O–H groups in total. The lowest BCUT2D eigenvalue weighted by molar-refractivity contribution is 0.629. The number of aromatic nitrogens is 2. The molecule has 0 amide bonds. The zero-order valence-electron chi connectivity index (χ0n) is 10.3. The molecule has 5 heteroatoms. The zero-order valence-corrected chi connectivity index (χ0v) is 11.8. The molecule has 0 atom stereocenters. The molecule has 0 saturated heterocycles. The van der Waals surface area contributed by atoms with Crippen LogP contribution in [0.3, 0.4) is 0 Å². The van der Waals surface area contributed by atoms with Gasteiger partial charge in [0, 0.05) is 18.3 Å². The normalized spacial score (nSPS) is 11.3. The molecule has 0 bridgehead atoms. The smallest absolute Gasteiger partial charge is 0.224 e. The first kappa shape index (κ1) is 13.2. The summed E-state index contributed by atoms with van der Waals surface area (Å²) in [4.78, 5) is 8.61. The maximum absolute atomic E-state index is 4.41. The standard InChI is InChI=1S/C11H19BrN4/c1-5-6-13-10-14-7-8(12)9(15-10)16-11(2,3)4/h7H,5-6H2,1-4H3,(H2,13,14,15,16). The fourth-order valence-electron chi connectivity index (χ4n) is 1.13. The van der Waals surface area contributed by atoms with Gasteiger partial charge in [-0.15, -0.1) is 0 Å². The van der Waals surface area contributed by atoms with E-state index < -0.39 is 0 Å². The zero-order chi connectivity index (χ0) is 12.2. The molecule has 0 radical (unpaired) electrons. The van der Waals surface area contributed by atoms with Crippen molar-refractivity contribution in [2.45, 2.75) is 39.7 Å². The van der Waals surface area contributed by atoms with Crippen molar-refractivity contribution in [1.29, 1.82) is 0 Å². The molecule has 0 aliphatic heterocycles. The summed E-state index contributed by atoms with van der Waals surface area (Å²) in [6, 6.07) is 0. The molecular formula is C11H19BrN4. The summed E-state index contributed by atoms with van der Waals surface area (Å²) in [6.07, 6.45) is 2.82. The fourth-order valence-corrected chi connectivity index (χ4v) is 1.42. The second-order valence-corrected chi connectivity index (χ2v) is 5.55. The van der Waals surface area contributed by atoms with Crippen LogP contribution in [0.1, 0.15) is 34.1 Å². The molecule has 0 saturated carbocycles. The van der Waals surface area contributed by atoms with Crippen LogP contribution < -0.4 is 10.6 Å². The number of nitrogens with zero attached hydrogens (tertiary/aromatic N) is 2. The lowest BCUT2D eigenvalue weighted by Gasteiger charge is -2.22. The summed E-state index contributed by atoms with van der Waals surface area (Å²) in [5.74, 6) is 1.48. The topological polar surface area (TPSA) is 49.8 Å². The molecule has 1 heterocycles. The summed E-state index contributed by atoms with van der Waals surface area (Å²) < 4.78 is 0.879. The third kappa shape index (κ3) is 4.35. The number of hydrogen-bond acceptors (Lipinski definition) is 4. The highest BCUT2D eigenvalue weighted by atomic mass is 79.9. The molecule has 0 fully saturated rings. The van der Waals surface area contributed by atoms with E-state index in [0.29, 0.717) is 5.95 Å². The Morgan fingerprint density at radius 2 is 2.06 bits per heavy atom. The van der Waals surface area contributed by atoms with E-state index in [9.17, 15) is 0 Å². The van der Waals surface area contributed by atoms with E-state index in [-0.39, 0.29) is 5.54 Å². The SMILES string of the molecule is CCCNc1ncc(Br)c(NC(C)(C)C)n1. The average molecular weight is 287 g/mol. The highest BCUT2D eigenvalue weighted by molar-refractivity contribution is 9.10. The van der Waals surface area contributed by atoms with E-state index in [1.807, 2.05) is 0 Å². The molecule has 1 aromatic heterocycles. The number of rotatable bonds is 4. The van der Waals surface area contributed by atoms with Gasteiger partial charge >= 0.3 is 0 Å². The Morgan fingerprint density at radius 1 is 1.38 bits per heavy atom. The minimum absolute atomic E-state index is 0.0150. The Morgan fingerprint density at radius 3 is 2.62 bits per heavy atom. The molecule has 0 aliphatic rings. The fraction of sp³-hybridized carbons (Fsp3) is 0.636. The van der Waals surface area contributed by atoms with Crippen LogP contribution in [0.4, 0.5) is 11.8 Å². The van der Waals surface area contributed by atoms with Crippen LogP contribution in [0, 0.1) is 0 Å². The third-order valence-corrected chi connectivity index (χ3v) is 2.35. The first-order chi connectivity index (χ1) is 7.42. The van der Waals surface area contributed by atoms with E-state index in [0.717, 1.165) is 23.3 Å². The van der Waals surface area contributed by atoms with Gasteiger partial charge in [-0.25, -0.2) is 4.98 Å². The van der Waals surface area contributed by atoms with Crippen molar-refractivity contribution in [3.8, 4) is 0 Å². The van der Waals surface area contributed by atoms with E-state index in [2.05, 4.69) is 64.2 Å². The van der Waals surface area contributed by atoms with E-state index in [4.69, 9.17) is 0 Å². The number of hydrogen-bond donors (Lipinski definition) is 2. The molecule has 0 spiro atoms. The highest BCUT2D eigenvalue weighted by Crippen LogP contribution is 2.23. The number of nitrogens with one attached hydrogen (secondary N) is 2. The second kappa shape index (κ2) is 5.48. The minimum Gasteiger partial charge on any atom is -0.364 e. The predicted molar refractivity (Wildman–Crippen MR) is 71.9 cm³/mol. The lowest BCUT2D eigenvalue weighted by Crippen LogP contribution is -2.27. The molecule has 1 aromatic rings. The van der Waals surface area contributed by atoms with Gasteiger partial charge < -0.3 is 10.6 Å². The van der Waals surface area contributed by atoms with Gasteiger partial charge in [-0.1, -0.05) is 6.92 Å². The van der Waals surface area contributed by atoms with Crippen molar-refractivity contribution in [3.63, 3.8) is 0 Å². The Bertz CT molecular complexity index is 346. The Hall–Kier alpha value is -0.840. The van der Waals surface area contributed by atoms with E-state index >= 15 is 0 Å². The van der Waals surface area contributed by atoms with Gasteiger partial charge in [0.1, 0.15) is 5.82 Å². The first-order valence-electron chi connectivity index (χ1n) is 5.47. The van der Waals surface area contributed by atoms with Gasteiger partial charge in [0.05, 0.1) is 4.47 Å². The van der Waals surface area contributed by atoms with Crippen molar-refractivity contribution in [3.05, 3.63) is 10.7 Å². The summed E-state index contributed by atoms with van der Waals surface area (Å²) in [5.41, 5.74) is -0.0150. The summed E-state index contributed by atoms with van der Waals surface area (Å²) >= 11 is 3.44. The van der Waals surface area contributed by atoms with Crippen LogP contribution in [0.2, 0.25) is 0 Å². The van der Waals surface area contributed by atoms with Crippen molar-refractivity contribution in [2.75, 3.05) is 17.2 Å². The van der Waals surface area contributed by atoms with Gasteiger partial charge in [-0.2, -0.15) is 4.98 Å². The highest BCUT2D eigenvalue weighted by Gasteiger charge is 2.13. The van der Waals surface area contributed by atoms with Gasteiger partial charge in [0.15, 0.2) is 0 Å². The molecule has 0 aliphatic carbocycles. The van der Waals surface area contributed by atoms with Crippen molar-refractivity contribution in [1.82, 2.24) is 9.97 Å². The summed E-state index contributed by atoms with van der Waals surface area (Å²) in [5, 5.41) is 6.49. The largest absolute Gasteiger partial charge is 0.364 e. The number of anilines is 2. The third-order valence-electron chi connectivity index (χ3n) is 1.77. The maximum Gasteiger partial charge on any atom is 0.224 e. The van der Waals surface area contributed by atoms with Crippen LogP contribution in [-0.2, 0) is 0 Å². The van der Waals surface area contributed by atoms with Gasteiger partial charge in [0.2, 0.25) is 5.95 Å². The molecule has 90 valence electrons. The monoisotopic (exact) mass is 286 g/mol. The minimum atomic E-state index is -0.0150. The molecular weight excluding hydrogens is 268 g/mol. The van der Waals surface area contributed by atoms with Gasteiger partial charge in [0.25, 0.3) is 0 Å². The average Bonchev–Trinajstić information content (AvgIpc) is 2.17. The van der Waals surface area contributed by atoms with E-state index in [1.54, 1.807) is 6.20 Å². The second-order valence-electron chi connectivity index (χ2n) is 4.69. The molecule has 0 aromatic carbocycles. The van der Waals surface area contributed by atoms with Crippen molar-refractivity contribution in [2.24, 2.45) is 0 Å². The maximum atomic E-state index is 4.41. The number of halogens is 1. The van der Waals surface area contributed by atoms with Gasteiger partial charge in [-0.05, 0) is 43.1 Å². The Labute approximate surface area is 105 Å². The van der Waals surface area contributed by atoms with Crippen LogP contribution >= 0.6 is 15.9 Å². The van der Waals surface area contributed by atoms with E-state index in [1.165, 1.54) is 0 Å². The summed E-state index contributed by atoms with van der Waals surface area (Å²) in [6.45, 7) is 9.29. The quantitative estimate of drug-likeness (QED) is 0.892. The van der Waals surface area contributed by atoms with Crippen LogP contribution in [0.15, 0.2) is 10.7 Å². The molecule has 16 heavy (non-hydrogen) atoms. The van der Waals surface area contributed by atoms with Crippen LogP contribution in [0.5, 0.6) is 0 Å². The molecule has 0 unspecified atom stereocenters. The lowest BCUT2D eigenvalue weighted by atomic mass is 10.1. The van der Waals surface area contributed by atoms with Crippen molar-refractivity contribution < 1.29 is 0 Å². The Balaban J connectivity index is 2.82. The Kier molecular flexibility index (Phi) is 4.53. The van der Waals surface area contributed by atoms with Crippen LogP contribution in [0.25, 0.3) is 0 Å². The molecule has 1 rings (SSSR count). The summed E-state index contributed by atoms with van der Waals surface area (Å²) in [7, 11) is 0. The molecule has 4 nitrogen and oxygen atoms in total. The van der Waals surface area contributed by atoms with Gasteiger partial charge in [-0.3, -0.25) is 0 Å². The van der Waals surface area contributed by atoms with Crippen molar-refractivity contribution >= 4 is 27.7 Å². The first-order valence-corrected chi connectivity index (χ1v) is 6.26.